The molecule has 0 radical (unpaired) electrons. The zero-order valence-corrected chi connectivity index (χ0v) is 12.9. The van der Waals surface area contributed by atoms with Crippen molar-refractivity contribution in [3.05, 3.63) is 78.4 Å². The van der Waals surface area contributed by atoms with E-state index in [9.17, 15) is 4.55 Å². The maximum atomic E-state index is 12.6. The number of rotatable bonds is 5. The molecule has 0 aromatic heterocycles. The molecule has 0 heterocycles. The lowest BCUT2D eigenvalue weighted by Gasteiger charge is -2.19. The van der Waals surface area contributed by atoms with Crippen LogP contribution in [0.3, 0.4) is 0 Å². The first-order chi connectivity index (χ1) is 10.8. The van der Waals surface area contributed by atoms with Gasteiger partial charge in [-0.1, -0.05) is 54.6 Å². The topological polar surface area (TPSA) is 61.1 Å². The van der Waals surface area contributed by atoms with Gasteiger partial charge in [-0.25, -0.2) is 0 Å². The van der Waals surface area contributed by atoms with Crippen LogP contribution < -0.4 is 10.5 Å². The second-order valence-corrected chi connectivity index (χ2v) is 6.34. The van der Waals surface area contributed by atoms with E-state index in [4.69, 9.17) is 5.73 Å². The standard InChI is InChI=1S/C18H18N2OS/c19-13-18(15-7-2-1-3-8-15)20-22(21)17-11-10-14-6-4-5-9-16(14)12-17/h1-12,18,20H,13,19H2. The van der Waals surface area contributed by atoms with E-state index in [1.165, 1.54) is 0 Å². The fourth-order valence-electron chi connectivity index (χ4n) is 2.42. The second kappa shape index (κ2) is 6.94. The zero-order valence-electron chi connectivity index (χ0n) is 12.1. The molecule has 3 aromatic rings. The van der Waals surface area contributed by atoms with Crippen molar-refractivity contribution in [2.24, 2.45) is 5.73 Å². The van der Waals surface area contributed by atoms with E-state index >= 15 is 0 Å². The molecule has 22 heavy (non-hydrogen) atoms. The van der Waals surface area contributed by atoms with Gasteiger partial charge in [-0.15, -0.1) is 4.72 Å². The molecule has 0 aliphatic carbocycles. The summed E-state index contributed by atoms with van der Waals surface area (Å²) >= 11 is -1.30. The Hall–Kier alpha value is -1.85. The zero-order chi connectivity index (χ0) is 15.4. The van der Waals surface area contributed by atoms with Crippen LogP contribution in [0.25, 0.3) is 10.8 Å². The average molecular weight is 310 g/mol. The van der Waals surface area contributed by atoms with Gasteiger partial charge in [0, 0.05) is 12.6 Å². The van der Waals surface area contributed by atoms with Crippen LogP contribution in [0.1, 0.15) is 11.6 Å². The molecule has 0 saturated heterocycles. The summed E-state index contributed by atoms with van der Waals surface area (Å²) in [5, 5.41) is 2.22. The van der Waals surface area contributed by atoms with Gasteiger partial charge in [-0.3, -0.25) is 0 Å². The highest BCUT2D eigenvalue weighted by Gasteiger charge is 2.19. The van der Waals surface area contributed by atoms with Gasteiger partial charge < -0.3 is 10.3 Å². The third kappa shape index (κ3) is 3.31. The molecular weight excluding hydrogens is 292 g/mol. The van der Waals surface area contributed by atoms with Gasteiger partial charge in [0.2, 0.25) is 0 Å². The number of benzene rings is 3. The van der Waals surface area contributed by atoms with Crippen LogP contribution in [0.15, 0.2) is 77.7 Å². The fourth-order valence-corrected chi connectivity index (χ4v) is 3.47. The van der Waals surface area contributed by atoms with Crippen LogP contribution in [0.4, 0.5) is 0 Å². The predicted octanol–water partition coefficient (Wildman–Crippen LogP) is 3.15. The summed E-state index contributed by atoms with van der Waals surface area (Å²) < 4.78 is 15.7. The number of fused-ring (bicyclic) bond motifs is 1. The molecular formula is C18H18N2OS. The molecule has 112 valence electrons. The highest BCUT2D eigenvalue weighted by molar-refractivity contribution is 7.89. The molecule has 3 nitrogen and oxygen atoms in total. The van der Waals surface area contributed by atoms with E-state index in [1.807, 2.05) is 72.8 Å². The van der Waals surface area contributed by atoms with Gasteiger partial charge >= 0.3 is 0 Å². The molecule has 0 aliphatic heterocycles. The van der Waals surface area contributed by atoms with Gasteiger partial charge in [-0.05, 0) is 28.5 Å². The van der Waals surface area contributed by atoms with Crippen molar-refractivity contribution in [3.8, 4) is 0 Å². The highest BCUT2D eigenvalue weighted by Crippen LogP contribution is 2.21. The third-order valence-electron chi connectivity index (χ3n) is 3.62. The quantitative estimate of drug-likeness (QED) is 0.712. The summed E-state index contributed by atoms with van der Waals surface area (Å²) in [6.07, 6.45) is 0. The summed E-state index contributed by atoms with van der Waals surface area (Å²) in [5.74, 6) is 0. The summed E-state index contributed by atoms with van der Waals surface area (Å²) in [4.78, 5) is 0.757. The van der Waals surface area contributed by atoms with Gasteiger partial charge in [0.25, 0.3) is 0 Å². The van der Waals surface area contributed by atoms with Crippen LogP contribution in [-0.4, -0.2) is 11.1 Å². The average Bonchev–Trinajstić information content (AvgIpc) is 2.59. The lowest BCUT2D eigenvalue weighted by atomic mass is 10.1. The van der Waals surface area contributed by atoms with E-state index < -0.39 is 11.4 Å². The molecule has 4 heteroatoms. The first kappa shape index (κ1) is 15.1. The van der Waals surface area contributed by atoms with Crippen LogP contribution in [-0.2, 0) is 11.4 Å². The van der Waals surface area contributed by atoms with Crippen molar-refractivity contribution in [1.82, 2.24) is 4.72 Å². The minimum absolute atomic E-state index is 0.131. The maximum absolute atomic E-state index is 12.6. The number of nitrogens with one attached hydrogen (secondary N) is 1. The Labute approximate surface area is 133 Å². The Morgan fingerprint density at radius 1 is 0.909 bits per heavy atom. The lowest BCUT2D eigenvalue weighted by Crippen LogP contribution is -2.33. The van der Waals surface area contributed by atoms with Crippen LogP contribution in [0.2, 0.25) is 0 Å². The van der Waals surface area contributed by atoms with Crippen molar-refractivity contribution in [3.63, 3.8) is 0 Å². The van der Waals surface area contributed by atoms with Crippen LogP contribution in [0, 0.1) is 0 Å². The van der Waals surface area contributed by atoms with E-state index in [1.54, 1.807) is 0 Å². The first-order valence-electron chi connectivity index (χ1n) is 7.19. The molecule has 0 aliphatic rings. The van der Waals surface area contributed by atoms with E-state index in [0.717, 1.165) is 21.2 Å². The van der Waals surface area contributed by atoms with Crippen molar-refractivity contribution >= 4 is 22.1 Å². The second-order valence-electron chi connectivity index (χ2n) is 5.09. The molecule has 3 rings (SSSR count). The van der Waals surface area contributed by atoms with Gasteiger partial charge in [-0.2, -0.15) is 0 Å². The smallest absolute Gasteiger partial charge is 0.174 e. The Balaban J connectivity index is 1.81. The maximum Gasteiger partial charge on any atom is 0.174 e. The molecule has 2 unspecified atom stereocenters. The molecule has 0 fully saturated rings. The summed E-state index contributed by atoms with van der Waals surface area (Å²) in [5.41, 5.74) is 6.87. The van der Waals surface area contributed by atoms with Crippen LogP contribution in [0.5, 0.6) is 0 Å². The van der Waals surface area contributed by atoms with Crippen LogP contribution >= 0.6 is 0 Å². The molecule has 0 spiro atoms. The van der Waals surface area contributed by atoms with Crippen molar-refractivity contribution < 1.29 is 4.55 Å². The van der Waals surface area contributed by atoms with Gasteiger partial charge in [0.15, 0.2) is 4.90 Å². The molecule has 2 atom stereocenters. The van der Waals surface area contributed by atoms with Gasteiger partial charge in [0.05, 0.1) is 17.4 Å². The Kier molecular flexibility index (Phi) is 4.75. The molecule has 0 saturated carbocycles. The van der Waals surface area contributed by atoms with Crippen molar-refractivity contribution in [1.29, 1.82) is 0 Å². The summed E-state index contributed by atoms with van der Waals surface area (Å²) in [6.45, 7) is 0.392. The SMILES string of the molecule is NCC(N[S+]([O-])c1ccc2ccccc2c1)c1ccccc1. The normalized spacial score (nSPS) is 13.9. The first-order valence-corrected chi connectivity index (χ1v) is 8.34. The molecule has 3 N–H and O–H groups in total. The Bertz CT molecular complexity index is 748. The van der Waals surface area contributed by atoms with E-state index in [2.05, 4.69) is 4.72 Å². The largest absolute Gasteiger partial charge is 0.593 e. The Morgan fingerprint density at radius 2 is 1.59 bits per heavy atom. The molecule has 3 aromatic carbocycles. The monoisotopic (exact) mass is 310 g/mol. The minimum Gasteiger partial charge on any atom is -0.593 e. The summed E-state index contributed by atoms with van der Waals surface area (Å²) in [6, 6.07) is 23.6. The number of hydrogen-bond donors (Lipinski definition) is 2. The van der Waals surface area contributed by atoms with Crippen molar-refractivity contribution in [2.45, 2.75) is 10.9 Å². The van der Waals surface area contributed by atoms with Crippen molar-refractivity contribution in [2.75, 3.05) is 6.54 Å². The molecule has 0 amide bonds. The summed E-state index contributed by atoms with van der Waals surface area (Å²) in [7, 11) is 0. The predicted molar refractivity (Wildman–Crippen MR) is 91.7 cm³/mol. The van der Waals surface area contributed by atoms with E-state index in [-0.39, 0.29) is 6.04 Å². The highest BCUT2D eigenvalue weighted by atomic mass is 32.2. The minimum atomic E-state index is -1.30. The van der Waals surface area contributed by atoms with Gasteiger partial charge in [0.1, 0.15) is 0 Å². The molecule has 0 bridgehead atoms. The number of nitrogens with two attached hydrogens (primary N) is 1. The lowest BCUT2D eigenvalue weighted by molar-refractivity contribution is 0.557. The third-order valence-corrected chi connectivity index (χ3v) is 4.80. The van der Waals surface area contributed by atoms with E-state index in [0.29, 0.717) is 6.54 Å². The fraction of sp³-hybridized carbons (Fsp3) is 0.111. The Morgan fingerprint density at radius 3 is 2.32 bits per heavy atom. The number of hydrogen-bond acceptors (Lipinski definition) is 3.